The van der Waals surface area contributed by atoms with Gasteiger partial charge in [-0.2, -0.15) is 0 Å². The molecule has 1 unspecified atom stereocenters. The van der Waals surface area contributed by atoms with Gasteiger partial charge in [-0.05, 0) is 6.42 Å². The fourth-order valence-corrected chi connectivity index (χ4v) is 1.24. The van der Waals surface area contributed by atoms with E-state index in [2.05, 4.69) is 17.0 Å². The minimum Gasteiger partial charge on any atom is -0.468 e. The number of unbranched alkanes of at least 4 members (excludes halogenated alkanes) is 3. The van der Waals surface area contributed by atoms with Crippen molar-refractivity contribution in [2.24, 2.45) is 0 Å². The van der Waals surface area contributed by atoms with E-state index in [1.165, 1.54) is 7.11 Å². The molecule has 0 aromatic carbocycles. The molecule has 16 heavy (non-hydrogen) atoms. The van der Waals surface area contributed by atoms with Gasteiger partial charge in [0, 0.05) is 0 Å². The standard InChI is InChI=1S/C11H21NO4/c1-3-4-5-6-7-9(13)11(15)12-8-10(14)16-2/h9,13H,3-8H2,1-2H3,(H,12,15). The van der Waals surface area contributed by atoms with Crippen molar-refractivity contribution in [1.29, 1.82) is 0 Å². The number of methoxy groups -OCH3 is 1. The van der Waals surface area contributed by atoms with E-state index in [0.29, 0.717) is 6.42 Å². The zero-order valence-corrected chi connectivity index (χ0v) is 9.99. The van der Waals surface area contributed by atoms with E-state index >= 15 is 0 Å². The summed E-state index contributed by atoms with van der Waals surface area (Å²) in [7, 11) is 1.25. The van der Waals surface area contributed by atoms with Crippen molar-refractivity contribution in [2.75, 3.05) is 13.7 Å². The van der Waals surface area contributed by atoms with Crippen LogP contribution in [0.4, 0.5) is 0 Å². The van der Waals surface area contributed by atoms with Gasteiger partial charge in [0.05, 0.1) is 7.11 Å². The number of carbonyl (C=O) groups excluding carboxylic acids is 2. The van der Waals surface area contributed by atoms with Crippen LogP contribution in [0.2, 0.25) is 0 Å². The maximum absolute atomic E-state index is 11.3. The molecule has 0 spiro atoms. The Morgan fingerprint density at radius 2 is 2.00 bits per heavy atom. The second-order valence-electron chi connectivity index (χ2n) is 3.66. The van der Waals surface area contributed by atoms with Crippen molar-refractivity contribution < 1.29 is 19.4 Å². The van der Waals surface area contributed by atoms with Crippen LogP contribution in [0.1, 0.15) is 39.0 Å². The van der Waals surface area contributed by atoms with Crippen LogP contribution in [0, 0.1) is 0 Å². The highest BCUT2D eigenvalue weighted by Gasteiger charge is 2.14. The van der Waals surface area contributed by atoms with Gasteiger partial charge in [-0.1, -0.05) is 32.6 Å². The predicted octanol–water partition coefficient (Wildman–Crippen LogP) is 0.607. The zero-order valence-electron chi connectivity index (χ0n) is 9.99. The Kier molecular flexibility index (Phi) is 8.52. The smallest absolute Gasteiger partial charge is 0.325 e. The number of esters is 1. The Labute approximate surface area is 96.2 Å². The third-order valence-electron chi connectivity index (χ3n) is 2.27. The normalized spacial score (nSPS) is 11.9. The van der Waals surface area contributed by atoms with E-state index in [0.717, 1.165) is 25.7 Å². The third-order valence-corrected chi connectivity index (χ3v) is 2.27. The molecule has 94 valence electrons. The summed E-state index contributed by atoms with van der Waals surface area (Å²) in [5.41, 5.74) is 0. The molecular formula is C11H21NO4. The molecule has 0 aromatic rings. The predicted molar refractivity (Wildman–Crippen MR) is 59.8 cm³/mol. The fourth-order valence-electron chi connectivity index (χ4n) is 1.24. The number of nitrogens with one attached hydrogen (secondary N) is 1. The van der Waals surface area contributed by atoms with Crippen molar-refractivity contribution in [2.45, 2.75) is 45.1 Å². The molecule has 2 N–H and O–H groups in total. The van der Waals surface area contributed by atoms with E-state index in [1.54, 1.807) is 0 Å². The van der Waals surface area contributed by atoms with E-state index in [9.17, 15) is 14.7 Å². The summed E-state index contributed by atoms with van der Waals surface area (Å²) < 4.78 is 4.36. The maximum Gasteiger partial charge on any atom is 0.325 e. The van der Waals surface area contributed by atoms with Crippen molar-refractivity contribution in [3.05, 3.63) is 0 Å². The number of ether oxygens (including phenoxy) is 1. The van der Waals surface area contributed by atoms with Crippen LogP contribution in [0.25, 0.3) is 0 Å². The van der Waals surface area contributed by atoms with Crippen LogP contribution in [0.15, 0.2) is 0 Å². The van der Waals surface area contributed by atoms with Gasteiger partial charge in [0.15, 0.2) is 0 Å². The Bertz CT molecular complexity index is 218. The van der Waals surface area contributed by atoms with Gasteiger partial charge in [-0.25, -0.2) is 0 Å². The molecule has 1 atom stereocenters. The van der Waals surface area contributed by atoms with Crippen LogP contribution < -0.4 is 5.32 Å². The van der Waals surface area contributed by atoms with Crippen LogP contribution in [0.5, 0.6) is 0 Å². The van der Waals surface area contributed by atoms with Crippen LogP contribution in [-0.2, 0) is 14.3 Å². The summed E-state index contributed by atoms with van der Waals surface area (Å²) in [6.45, 7) is 1.90. The molecule has 0 aliphatic rings. The minimum absolute atomic E-state index is 0.193. The Hall–Kier alpha value is -1.10. The minimum atomic E-state index is -1.03. The molecule has 0 heterocycles. The van der Waals surface area contributed by atoms with Crippen LogP contribution >= 0.6 is 0 Å². The molecule has 0 radical (unpaired) electrons. The quantitative estimate of drug-likeness (QED) is 0.474. The molecule has 0 aliphatic carbocycles. The lowest BCUT2D eigenvalue weighted by Crippen LogP contribution is -2.37. The second-order valence-corrected chi connectivity index (χ2v) is 3.66. The highest BCUT2D eigenvalue weighted by Crippen LogP contribution is 2.05. The average molecular weight is 231 g/mol. The first-order chi connectivity index (χ1) is 7.61. The lowest BCUT2D eigenvalue weighted by atomic mass is 10.1. The van der Waals surface area contributed by atoms with Gasteiger partial charge < -0.3 is 15.2 Å². The summed E-state index contributed by atoms with van der Waals surface area (Å²) in [5.74, 6) is -1.03. The van der Waals surface area contributed by atoms with Crippen LogP contribution in [0.3, 0.4) is 0 Å². The highest BCUT2D eigenvalue weighted by atomic mass is 16.5. The molecule has 0 fully saturated rings. The monoisotopic (exact) mass is 231 g/mol. The molecule has 5 nitrogen and oxygen atoms in total. The summed E-state index contributed by atoms with van der Waals surface area (Å²) in [4.78, 5) is 22.0. The van der Waals surface area contributed by atoms with Crippen molar-refractivity contribution in [3.8, 4) is 0 Å². The number of amides is 1. The second kappa shape index (κ2) is 9.15. The SMILES string of the molecule is CCCCCCC(O)C(=O)NCC(=O)OC. The summed E-state index contributed by atoms with van der Waals surface area (Å²) >= 11 is 0. The maximum atomic E-state index is 11.3. The molecular weight excluding hydrogens is 210 g/mol. The Morgan fingerprint density at radius 1 is 1.31 bits per heavy atom. The van der Waals surface area contributed by atoms with Gasteiger partial charge in [-0.15, -0.1) is 0 Å². The average Bonchev–Trinajstić information content (AvgIpc) is 2.30. The number of rotatable bonds is 8. The lowest BCUT2D eigenvalue weighted by molar-refractivity contribution is -0.142. The molecule has 5 heteroatoms. The lowest BCUT2D eigenvalue weighted by Gasteiger charge is -2.10. The summed E-state index contributed by atoms with van der Waals surface area (Å²) in [6, 6.07) is 0. The molecule has 0 saturated carbocycles. The third kappa shape index (κ3) is 7.23. The highest BCUT2D eigenvalue weighted by molar-refractivity contribution is 5.84. The molecule has 0 rings (SSSR count). The first kappa shape index (κ1) is 14.9. The van der Waals surface area contributed by atoms with E-state index in [1.807, 2.05) is 0 Å². The first-order valence-electron chi connectivity index (χ1n) is 5.64. The molecule has 0 bridgehead atoms. The van der Waals surface area contributed by atoms with Gasteiger partial charge >= 0.3 is 5.97 Å². The van der Waals surface area contributed by atoms with E-state index in [4.69, 9.17) is 0 Å². The van der Waals surface area contributed by atoms with Crippen molar-refractivity contribution >= 4 is 11.9 Å². The largest absolute Gasteiger partial charge is 0.468 e. The number of hydrogen-bond donors (Lipinski definition) is 2. The van der Waals surface area contributed by atoms with Gasteiger partial charge in [0.25, 0.3) is 0 Å². The molecule has 1 amide bonds. The topological polar surface area (TPSA) is 75.6 Å². The Morgan fingerprint density at radius 3 is 2.56 bits per heavy atom. The van der Waals surface area contributed by atoms with E-state index < -0.39 is 18.0 Å². The van der Waals surface area contributed by atoms with Gasteiger partial charge in [0.1, 0.15) is 12.6 Å². The molecule has 0 saturated heterocycles. The fraction of sp³-hybridized carbons (Fsp3) is 0.818. The van der Waals surface area contributed by atoms with Gasteiger partial charge in [-0.3, -0.25) is 9.59 Å². The van der Waals surface area contributed by atoms with Crippen molar-refractivity contribution in [1.82, 2.24) is 5.32 Å². The molecule has 0 aliphatic heterocycles. The zero-order chi connectivity index (χ0) is 12.4. The first-order valence-corrected chi connectivity index (χ1v) is 5.64. The Balaban J connectivity index is 3.61. The number of carbonyl (C=O) groups is 2. The number of hydrogen-bond acceptors (Lipinski definition) is 4. The van der Waals surface area contributed by atoms with Gasteiger partial charge in [0.2, 0.25) is 5.91 Å². The number of aliphatic hydroxyl groups is 1. The van der Waals surface area contributed by atoms with Crippen molar-refractivity contribution in [3.63, 3.8) is 0 Å². The summed E-state index contributed by atoms with van der Waals surface area (Å²) in [5, 5.41) is 11.7. The summed E-state index contributed by atoms with van der Waals surface area (Å²) in [6.07, 6.45) is 3.47. The number of aliphatic hydroxyl groups excluding tert-OH is 1. The molecule has 0 aromatic heterocycles. The van der Waals surface area contributed by atoms with E-state index in [-0.39, 0.29) is 6.54 Å². The van der Waals surface area contributed by atoms with Crippen LogP contribution in [-0.4, -0.2) is 36.7 Å².